The minimum absolute atomic E-state index is 0.594. The van der Waals surface area contributed by atoms with Gasteiger partial charge in [-0.3, -0.25) is 5.43 Å². The minimum Gasteiger partial charge on any atom is -0.489 e. The van der Waals surface area contributed by atoms with E-state index < -0.39 is 0 Å². The fraction of sp³-hybridized carbons (Fsp3) is 0.536. The second kappa shape index (κ2) is 14.5. The molecular formula is C28H41N3O. The zero-order chi connectivity index (χ0) is 22.3. The molecule has 4 nitrogen and oxygen atoms in total. The zero-order valence-corrected chi connectivity index (χ0v) is 19.9. The molecule has 1 aliphatic heterocycles. The Morgan fingerprint density at radius 2 is 1.41 bits per heavy atom. The fourth-order valence-corrected chi connectivity index (χ4v) is 4.19. The molecule has 0 aliphatic carbocycles. The van der Waals surface area contributed by atoms with E-state index in [4.69, 9.17) is 4.74 Å². The van der Waals surface area contributed by atoms with Crippen molar-refractivity contribution in [2.75, 3.05) is 11.6 Å². The van der Waals surface area contributed by atoms with Crippen LogP contribution in [0.2, 0.25) is 0 Å². The van der Waals surface area contributed by atoms with E-state index in [0.29, 0.717) is 6.61 Å². The monoisotopic (exact) mass is 435 g/mol. The summed E-state index contributed by atoms with van der Waals surface area (Å²) >= 11 is 0. The number of amidine groups is 1. The Balaban J connectivity index is 1.30. The van der Waals surface area contributed by atoms with E-state index in [9.17, 15) is 0 Å². The van der Waals surface area contributed by atoms with Crippen LogP contribution in [0, 0.1) is 0 Å². The number of unbranched alkanes of at least 4 members (excludes halogenated alkanes) is 10. The number of hydrogen-bond donors (Lipinski definition) is 1. The van der Waals surface area contributed by atoms with E-state index in [1.165, 1.54) is 81.9 Å². The third-order valence-electron chi connectivity index (χ3n) is 6.15. The van der Waals surface area contributed by atoms with E-state index in [1.54, 1.807) is 0 Å². The van der Waals surface area contributed by atoms with Gasteiger partial charge in [-0.15, -0.1) is 0 Å². The molecule has 0 spiro atoms. The van der Waals surface area contributed by atoms with Gasteiger partial charge in [0.25, 0.3) is 0 Å². The van der Waals surface area contributed by atoms with Crippen LogP contribution >= 0.6 is 0 Å². The summed E-state index contributed by atoms with van der Waals surface area (Å²) in [5.74, 6) is 2.05. The molecule has 0 fully saturated rings. The predicted octanol–water partition coefficient (Wildman–Crippen LogP) is 7.65. The highest BCUT2D eigenvalue weighted by molar-refractivity contribution is 5.98. The van der Waals surface area contributed by atoms with Gasteiger partial charge in [-0.2, -0.15) is 5.10 Å². The van der Waals surface area contributed by atoms with Crippen molar-refractivity contribution in [2.24, 2.45) is 5.10 Å². The van der Waals surface area contributed by atoms with Crippen molar-refractivity contribution in [1.82, 2.24) is 5.43 Å². The number of hydrazone groups is 1. The summed E-state index contributed by atoms with van der Waals surface area (Å²) in [7, 11) is 0. The number of nitrogens with one attached hydrogen (secondary N) is 1. The molecule has 1 N–H and O–H groups in total. The molecule has 0 saturated heterocycles. The van der Waals surface area contributed by atoms with Gasteiger partial charge in [0, 0.05) is 12.1 Å². The SMILES string of the molecule is CCCCCCCCCCCCCC1=NNCN1c1ccc(OCc2ccccc2)cc1. The van der Waals surface area contributed by atoms with Gasteiger partial charge >= 0.3 is 0 Å². The number of anilines is 1. The van der Waals surface area contributed by atoms with Gasteiger partial charge in [-0.25, -0.2) is 0 Å². The molecule has 4 heteroatoms. The van der Waals surface area contributed by atoms with Crippen LogP contribution in [0.15, 0.2) is 59.7 Å². The Labute approximate surface area is 195 Å². The molecule has 174 valence electrons. The van der Waals surface area contributed by atoms with Crippen LogP contribution in [-0.4, -0.2) is 12.5 Å². The molecule has 0 amide bonds. The highest BCUT2D eigenvalue weighted by Gasteiger charge is 2.18. The summed E-state index contributed by atoms with van der Waals surface area (Å²) in [4.78, 5) is 2.28. The maximum Gasteiger partial charge on any atom is 0.130 e. The molecule has 3 rings (SSSR count). The van der Waals surface area contributed by atoms with E-state index in [2.05, 4.69) is 58.7 Å². The van der Waals surface area contributed by atoms with E-state index in [-0.39, 0.29) is 0 Å². The highest BCUT2D eigenvalue weighted by Crippen LogP contribution is 2.23. The Hall–Kier alpha value is -2.49. The quantitative estimate of drug-likeness (QED) is 0.275. The van der Waals surface area contributed by atoms with E-state index in [1.807, 2.05) is 18.2 Å². The Morgan fingerprint density at radius 1 is 0.781 bits per heavy atom. The third-order valence-corrected chi connectivity index (χ3v) is 6.15. The first-order chi connectivity index (χ1) is 15.9. The van der Waals surface area contributed by atoms with Crippen molar-refractivity contribution >= 4 is 11.5 Å². The van der Waals surface area contributed by atoms with Gasteiger partial charge in [0.05, 0.1) is 0 Å². The molecule has 2 aromatic rings. The minimum atomic E-state index is 0.594. The molecule has 1 heterocycles. The van der Waals surface area contributed by atoms with E-state index in [0.717, 1.165) is 24.7 Å². The Morgan fingerprint density at radius 3 is 2.06 bits per heavy atom. The number of ether oxygens (including phenoxy) is 1. The summed E-state index contributed by atoms with van der Waals surface area (Å²) in [6.45, 7) is 3.62. The summed E-state index contributed by atoms with van der Waals surface area (Å²) in [5.41, 5.74) is 5.51. The lowest BCUT2D eigenvalue weighted by atomic mass is 10.0. The summed E-state index contributed by atoms with van der Waals surface area (Å²) in [6.07, 6.45) is 16.1. The Kier molecular flexibility index (Phi) is 11.0. The predicted molar refractivity (Wildman–Crippen MR) is 136 cm³/mol. The summed E-state index contributed by atoms with van der Waals surface area (Å²) < 4.78 is 5.92. The van der Waals surface area contributed by atoms with Gasteiger partial charge < -0.3 is 9.64 Å². The largest absolute Gasteiger partial charge is 0.489 e. The van der Waals surface area contributed by atoms with Crippen LogP contribution in [0.4, 0.5) is 5.69 Å². The molecule has 0 radical (unpaired) electrons. The second-order valence-corrected chi connectivity index (χ2v) is 8.83. The molecule has 0 saturated carbocycles. The molecule has 0 unspecified atom stereocenters. The van der Waals surface area contributed by atoms with Gasteiger partial charge in [0.2, 0.25) is 0 Å². The molecule has 1 aliphatic rings. The molecule has 32 heavy (non-hydrogen) atoms. The molecular weight excluding hydrogens is 394 g/mol. The van der Waals surface area contributed by atoms with Gasteiger partial charge in [0.1, 0.15) is 24.9 Å². The standard InChI is InChI=1S/C28H41N3O/c1-2-3-4-5-6-7-8-9-10-11-15-18-28-30-29-24-31(28)26-19-21-27(22-20-26)32-23-25-16-13-12-14-17-25/h12-14,16-17,19-22,29H,2-11,15,18,23-24H2,1H3. The lowest BCUT2D eigenvalue weighted by molar-refractivity contribution is 0.306. The van der Waals surface area contributed by atoms with Crippen LogP contribution in [0.5, 0.6) is 5.75 Å². The zero-order valence-electron chi connectivity index (χ0n) is 19.9. The molecule has 0 atom stereocenters. The average molecular weight is 436 g/mol. The van der Waals surface area contributed by atoms with Crippen LogP contribution in [0.1, 0.15) is 89.5 Å². The lowest BCUT2D eigenvalue weighted by Gasteiger charge is -2.19. The summed E-state index contributed by atoms with van der Waals surface area (Å²) in [6, 6.07) is 18.6. The number of nitrogens with zero attached hydrogens (tertiary/aromatic N) is 2. The highest BCUT2D eigenvalue weighted by atomic mass is 16.5. The van der Waals surface area contributed by atoms with Crippen molar-refractivity contribution in [2.45, 2.75) is 90.6 Å². The number of rotatable bonds is 16. The van der Waals surface area contributed by atoms with Crippen molar-refractivity contribution in [3.63, 3.8) is 0 Å². The van der Waals surface area contributed by atoms with Crippen molar-refractivity contribution in [3.8, 4) is 5.75 Å². The van der Waals surface area contributed by atoms with Crippen molar-refractivity contribution in [1.29, 1.82) is 0 Å². The van der Waals surface area contributed by atoms with Crippen LogP contribution < -0.4 is 15.1 Å². The van der Waals surface area contributed by atoms with Gasteiger partial charge in [-0.05, 0) is 36.2 Å². The van der Waals surface area contributed by atoms with Crippen LogP contribution in [0.3, 0.4) is 0 Å². The van der Waals surface area contributed by atoms with Crippen molar-refractivity contribution < 1.29 is 4.74 Å². The first-order valence-electron chi connectivity index (χ1n) is 12.7. The maximum absolute atomic E-state index is 5.92. The third kappa shape index (κ3) is 8.57. The molecule has 2 aromatic carbocycles. The van der Waals surface area contributed by atoms with Crippen LogP contribution in [0.25, 0.3) is 0 Å². The summed E-state index contributed by atoms with van der Waals surface area (Å²) in [5, 5.41) is 4.54. The van der Waals surface area contributed by atoms with Gasteiger partial charge in [0.15, 0.2) is 0 Å². The fourth-order valence-electron chi connectivity index (χ4n) is 4.19. The number of benzene rings is 2. The normalized spacial score (nSPS) is 13.2. The van der Waals surface area contributed by atoms with Gasteiger partial charge in [-0.1, -0.05) is 101 Å². The first-order valence-corrected chi connectivity index (χ1v) is 12.7. The number of hydrogen-bond acceptors (Lipinski definition) is 4. The molecule has 0 aromatic heterocycles. The van der Waals surface area contributed by atoms with E-state index >= 15 is 0 Å². The van der Waals surface area contributed by atoms with Crippen molar-refractivity contribution in [3.05, 3.63) is 60.2 Å². The second-order valence-electron chi connectivity index (χ2n) is 8.83. The maximum atomic E-state index is 5.92. The molecule has 0 bridgehead atoms. The smallest absolute Gasteiger partial charge is 0.130 e. The average Bonchev–Trinajstić information content (AvgIpc) is 3.31. The lowest BCUT2D eigenvalue weighted by Crippen LogP contribution is -2.29. The first kappa shape index (κ1) is 24.2. The Bertz CT molecular complexity index is 773. The van der Waals surface area contributed by atoms with Crippen LogP contribution in [-0.2, 0) is 6.61 Å². The topological polar surface area (TPSA) is 36.9 Å².